The predicted molar refractivity (Wildman–Crippen MR) is 95.5 cm³/mol. The van der Waals surface area contributed by atoms with Crippen LogP contribution in [0, 0.1) is 6.92 Å². The van der Waals surface area contributed by atoms with Crippen LogP contribution in [0.4, 0.5) is 5.82 Å². The van der Waals surface area contributed by atoms with E-state index in [1.807, 2.05) is 20.8 Å². The van der Waals surface area contributed by atoms with Gasteiger partial charge in [-0.25, -0.2) is 13.2 Å². The minimum atomic E-state index is -3.79. The second-order valence-corrected chi connectivity index (χ2v) is 6.28. The number of nitrogens with zero attached hydrogens (tertiary/aromatic N) is 1. The van der Waals surface area contributed by atoms with Crippen molar-refractivity contribution in [1.82, 2.24) is 5.16 Å². The van der Waals surface area contributed by atoms with Crippen molar-refractivity contribution in [3.05, 3.63) is 47.7 Å². The summed E-state index contributed by atoms with van der Waals surface area (Å²) in [6.07, 6.45) is 4.04. The molecule has 25 heavy (non-hydrogen) atoms. The predicted octanol–water partition coefficient (Wildman–Crippen LogP) is 3.39. The second kappa shape index (κ2) is 9.63. The molecule has 1 aromatic heterocycles. The molecule has 0 saturated heterocycles. The third kappa shape index (κ3) is 6.07. The number of benzene rings is 1. The third-order valence-electron chi connectivity index (χ3n) is 2.92. The van der Waals surface area contributed by atoms with Crippen LogP contribution >= 0.6 is 0 Å². The molecular formula is C17H22N2O5S. The Bertz CT molecular complexity index is 812. The van der Waals surface area contributed by atoms with Crippen LogP contribution < -0.4 is 4.72 Å². The van der Waals surface area contributed by atoms with Crippen molar-refractivity contribution in [3.63, 3.8) is 0 Å². The van der Waals surface area contributed by atoms with E-state index in [-0.39, 0.29) is 17.3 Å². The maximum Gasteiger partial charge on any atom is 0.330 e. The number of aromatic nitrogens is 1. The zero-order chi connectivity index (χ0) is 18.9. The highest BCUT2D eigenvalue weighted by Crippen LogP contribution is 2.19. The number of carbonyl (C=O) groups excluding carboxylic acids is 1. The zero-order valence-corrected chi connectivity index (χ0v) is 15.5. The van der Waals surface area contributed by atoms with Crippen LogP contribution in [0.3, 0.4) is 0 Å². The fourth-order valence-corrected chi connectivity index (χ4v) is 2.80. The summed E-state index contributed by atoms with van der Waals surface area (Å²) >= 11 is 0. The van der Waals surface area contributed by atoms with Crippen molar-refractivity contribution < 1.29 is 22.5 Å². The highest BCUT2D eigenvalue weighted by Gasteiger charge is 2.16. The first-order chi connectivity index (χ1) is 11.9. The number of sulfonamides is 1. The van der Waals surface area contributed by atoms with Gasteiger partial charge in [0.25, 0.3) is 10.0 Å². The standard InChI is InChI=1S/C15H16N2O5S.C2H6/c1-3-21-15(18)7-5-12-10-13(6-4-11(12)2)23(19,20)17-14-8-9-22-16-14;1-2/h4-10H,3H2,1-2H3,(H,16,17);1-2H3/b7-5+;. The summed E-state index contributed by atoms with van der Waals surface area (Å²) in [6, 6.07) is 5.99. The Morgan fingerprint density at radius 2 is 2.04 bits per heavy atom. The van der Waals surface area contributed by atoms with Gasteiger partial charge in [-0.3, -0.25) is 4.72 Å². The van der Waals surface area contributed by atoms with E-state index < -0.39 is 16.0 Å². The molecule has 1 heterocycles. The average molecular weight is 366 g/mol. The Kier molecular flexibility index (Phi) is 7.87. The molecule has 0 amide bonds. The first-order valence-corrected chi connectivity index (χ1v) is 9.29. The van der Waals surface area contributed by atoms with Crippen molar-refractivity contribution >= 4 is 27.9 Å². The summed E-state index contributed by atoms with van der Waals surface area (Å²) in [5.74, 6) is -0.393. The van der Waals surface area contributed by atoms with Crippen molar-refractivity contribution in [2.75, 3.05) is 11.3 Å². The molecule has 2 rings (SSSR count). The number of anilines is 1. The average Bonchev–Trinajstić information content (AvgIpc) is 3.08. The van der Waals surface area contributed by atoms with E-state index in [0.29, 0.717) is 5.56 Å². The number of nitrogens with one attached hydrogen (secondary N) is 1. The minimum absolute atomic E-state index is 0.0506. The summed E-state index contributed by atoms with van der Waals surface area (Å²) in [5.41, 5.74) is 1.42. The molecule has 0 aliphatic heterocycles. The molecule has 0 aliphatic carbocycles. The van der Waals surface area contributed by atoms with Gasteiger partial charge >= 0.3 is 5.97 Å². The molecule has 0 radical (unpaired) electrons. The minimum Gasteiger partial charge on any atom is -0.463 e. The molecule has 7 nitrogen and oxygen atoms in total. The molecule has 2 aromatic rings. The lowest BCUT2D eigenvalue weighted by Crippen LogP contribution is -2.13. The summed E-state index contributed by atoms with van der Waals surface area (Å²) in [6.45, 7) is 7.80. The van der Waals surface area contributed by atoms with Crippen LogP contribution in [0.25, 0.3) is 6.08 Å². The third-order valence-corrected chi connectivity index (χ3v) is 4.28. The Morgan fingerprint density at radius 3 is 2.64 bits per heavy atom. The van der Waals surface area contributed by atoms with Crippen LogP contribution in [0.1, 0.15) is 31.9 Å². The Balaban J connectivity index is 0.00000151. The molecule has 0 aliphatic rings. The molecule has 0 saturated carbocycles. The van der Waals surface area contributed by atoms with Crippen molar-refractivity contribution in [2.45, 2.75) is 32.6 Å². The van der Waals surface area contributed by atoms with Crippen LogP contribution in [0.5, 0.6) is 0 Å². The number of rotatable bonds is 6. The molecule has 0 bridgehead atoms. The highest BCUT2D eigenvalue weighted by molar-refractivity contribution is 7.92. The number of esters is 1. The van der Waals surface area contributed by atoms with E-state index in [4.69, 9.17) is 4.74 Å². The quantitative estimate of drug-likeness (QED) is 0.621. The topological polar surface area (TPSA) is 98.5 Å². The first kappa shape index (κ1) is 20.4. The van der Waals surface area contributed by atoms with Gasteiger partial charge in [0, 0.05) is 12.1 Å². The number of hydrogen-bond donors (Lipinski definition) is 1. The van der Waals surface area contributed by atoms with Crippen molar-refractivity contribution in [1.29, 1.82) is 0 Å². The Hall–Kier alpha value is -2.61. The fraction of sp³-hybridized carbons (Fsp3) is 0.294. The fourth-order valence-electron chi connectivity index (χ4n) is 1.78. The lowest BCUT2D eigenvalue weighted by molar-refractivity contribution is -0.137. The zero-order valence-electron chi connectivity index (χ0n) is 14.6. The maximum absolute atomic E-state index is 12.3. The van der Waals surface area contributed by atoms with Gasteiger partial charge in [-0.2, -0.15) is 0 Å². The number of ether oxygens (including phenoxy) is 1. The lowest BCUT2D eigenvalue weighted by atomic mass is 10.1. The smallest absolute Gasteiger partial charge is 0.330 e. The van der Waals surface area contributed by atoms with Crippen molar-refractivity contribution in [3.8, 4) is 0 Å². The van der Waals surface area contributed by atoms with E-state index in [2.05, 4.69) is 14.4 Å². The number of hydrogen-bond acceptors (Lipinski definition) is 6. The molecule has 0 atom stereocenters. The SMILES string of the molecule is CC.CCOC(=O)/C=C/c1cc(S(=O)(=O)Nc2ccon2)ccc1C. The van der Waals surface area contributed by atoms with E-state index in [1.165, 1.54) is 36.6 Å². The highest BCUT2D eigenvalue weighted by atomic mass is 32.2. The van der Waals surface area contributed by atoms with Gasteiger partial charge in [0.1, 0.15) is 6.26 Å². The molecule has 1 aromatic carbocycles. The van der Waals surface area contributed by atoms with Gasteiger partial charge in [-0.15, -0.1) is 0 Å². The number of aryl methyl sites for hydroxylation is 1. The van der Waals surface area contributed by atoms with Gasteiger partial charge < -0.3 is 9.26 Å². The Labute approximate surface area is 147 Å². The largest absolute Gasteiger partial charge is 0.463 e. The molecule has 1 N–H and O–H groups in total. The van der Waals surface area contributed by atoms with Crippen LogP contribution in [0.15, 0.2) is 46.0 Å². The molecule has 8 heteroatoms. The first-order valence-electron chi connectivity index (χ1n) is 7.81. The molecule has 0 unspecified atom stereocenters. The van der Waals surface area contributed by atoms with E-state index in [0.717, 1.165) is 5.56 Å². The summed E-state index contributed by atoms with van der Waals surface area (Å²) in [4.78, 5) is 11.4. The Morgan fingerprint density at radius 1 is 1.32 bits per heavy atom. The lowest BCUT2D eigenvalue weighted by Gasteiger charge is -2.07. The molecule has 136 valence electrons. The van der Waals surface area contributed by atoms with E-state index in [9.17, 15) is 13.2 Å². The second-order valence-electron chi connectivity index (χ2n) is 4.59. The summed E-state index contributed by atoms with van der Waals surface area (Å²) in [7, 11) is -3.79. The van der Waals surface area contributed by atoms with Crippen LogP contribution in [-0.2, 0) is 19.6 Å². The van der Waals surface area contributed by atoms with Crippen LogP contribution in [-0.4, -0.2) is 26.2 Å². The monoisotopic (exact) mass is 366 g/mol. The molecular weight excluding hydrogens is 344 g/mol. The van der Waals surface area contributed by atoms with E-state index >= 15 is 0 Å². The van der Waals surface area contributed by atoms with Gasteiger partial charge in [0.05, 0.1) is 11.5 Å². The number of carbonyl (C=O) groups is 1. The normalized spacial score (nSPS) is 10.9. The van der Waals surface area contributed by atoms with E-state index in [1.54, 1.807) is 13.0 Å². The van der Waals surface area contributed by atoms with Gasteiger partial charge in [0.2, 0.25) is 0 Å². The van der Waals surface area contributed by atoms with Crippen LogP contribution in [0.2, 0.25) is 0 Å². The van der Waals surface area contributed by atoms with Gasteiger partial charge in [-0.05, 0) is 43.2 Å². The van der Waals surface area contributed by atoms with Gasteiger partial charge in [0.15, 0.2) is 5.82 Å². The molecule has 0 spiro atoms. The summed E-state index contributed by atoms with van der Waals surface area (Å²) < 4.78 is 36.3. The molecule has 0 fully saturated rings. The van der Waals surface area contributed by atoms with Gasteiger partial charge in [-0.1, -0.05) is 25.1 Å². The van der Waals surface area contributed by atoms with Crippen molar-refractivity contribution in [2.24, 2.45) is 0 Å². The summed E-state index contributed by atoms with van der Waals surface area (Å²) in [5, 5.41) is 3.51. The maximum atomic E-state index is 12.3.